The summed E-state index contributed by atoms with van der Waals surface area (Å²) in [6.45, 7) is 1.98. The summed E-state index contributed by atoms with van der Waals surface area (Å²) in [7, 11) is 0. The first kappa shape index (κ1) is 10.4. The summed E-state index contributed by atoms with van der Waals surface area (Å²) in [4.78, 5) is 22.2. The number of nitrogens with one attached hydrogen (secondary N) is 1. The molecule has 0 radical (unpaired) electrons. The maximum absolute atomic E-state index is 11.6. The molecule has 2 aromatic heterocycles. The number of rotatable bonds is 3. The van der Waals surface area contributed by atoms with Gasteiger partial charge in [-0.25, -0.2) is 9.97 Å². The highest BCUT2D eigenvalue weighted by molar-refractivity contribution is 5.40. The molecule has 2 aromatic rings. The van der Waals surface area contributed by atoms with Crippen molar-refractivity contribution in [3.05, 3.63) is 34.5 Å². The van der Waals surface area contributed by atoms with E-state index in [2.05, 4.69) is 25.1 Å². The van der Waals surface area contributed by atoms with Crippen LogP contribution < -0.4 is 5.56 Å². The molecule has 1 N–H and O–H groups in total. The Kier molecular flexibility index (Phi) is 3.00. The highest BCUT2D eigenvalue weighted by atomic mass is 16.1. The standard InChI is InChI=1S/C10H11N5O/c1-2-4-7-10(16)13-9(15-14-7)8-11-5-3-6-12-8/h3,5-6H,2,4H2,1H3,(H,13,15,16). The third-order valence-electron chi connectivity index (χ3n) is 2.03. The van der Waals surface area contributed by atoms with E-state index < -0.39 is 0 Å². The highest BCUT2D eigenvalue weighted by Gasteiger charge is 2.07. The Labute approximate surface area is 91.8 Å². The first-order valence-electron chi connectivity index (χ1n) is 5.04. The van der Waals surface area contributed by atoms with Crippen LogP contribution in [0.3, 0.4) is 0 Å². The zero-order valence-corrected chi connectivity index (χ0v) is 8.84. The molecule has 0 fully saturated rings. The quantitative estimate of drug-likeness (QED) is 0.812. The molecule has 0 aliphatic rings. The molecular formula is C10H11N5O. The van der Waals surface area contributed by atoms with E-state index in [1.165, 1.54) is 0 Å². The van der Waals surface area contributed by atoms with E-state index in [9.17, 15) is 4.79 Å². The molecule has 82 valence electrons. The lowest BCUT2D eigenvalue weighted by Crippen LogP contribution is -2.18. The Morgan fingerprint density at radius 3 is 2.62 bits per heavy atom. The SMILES string of the molecule is CCCc1nnc(-c2ncccn2)[nH]c1=O. The van der Waals surface area contributed by atoms with Crippen molar-refractivity contribution in [1.82, 2.24) is 25.1 Å². The third-order valence-corrected chi connectivity index (χ3v) is 2.03. The van der Waals surface area contributed by atoms with Crippen LogP contribution >= 0.6 is 0 Å². The number of nitrogens with zero attached hydrogens (tertiary/aromatic N) is 4. The molecule has 2 heterocycles. The van der Waals surface area contributed by atoms with Crippen LogP contribution in [0.1, 0.15) is 19.0 Å². The van der Waals surface area contributed by atoms with Gasteiger partial charge in [-0.15, -0.1) is 10.2 Å². The van der Waals surface area contributed by atoms with Crippen LogP contribution in [0, 0.1) is 0 Å². The van der Waals surface area contributed by atoms with Gasteiger partial charge in [0.15, 0.2) is 5.82 Å². The van der Waals surface area contributed by atoms with Crippen molar-refractivity contribution in [2.45, 2.75) is 19.8 Å². The monoisotopic (exact) mass is 217 g/mol. The minimum Gasteiger partial charge on any atom is -0.301 e. The van der Waals surface area contributed by atoms with Gasteiger partial charge in [0.2, 0.25) is 5.82 Å². The first-order valence-corrected chi connectivity index (χ1v) is 5.04. The second-order valence-electron chi connectivity index (χ2n) is 3.27. The fraction of sp³-hybridized carbons (Fsp3) is 0.300. The average Bonchev–Trinajstić information content (AvgIpc) is 2.33. The van der Waals surface area contributed by atoms with Gasteiger partial charge in [-0.05, 0) is 12.5 Å². The molecule has 0 saturated heterocycles. The summed E-state index contributed by atoms with van der Waals surface area (Å²) in [6.07, 6.45) is 4.65. The van der Waals surface area contributed by atoms with Gasteiger partial charge >= 0.3 is 0 Å². The van der Waals surface area contributed by atoms with Crippen molar-refractivity contribution >= 4 is 0 Å². The Bertz CT molecular complexity index is 522. The Morgan fingerprint density at radius 2 is 2.00 bits per heavy atom. The molecule has 0 bridgehead atoms. The van der Waals surface area contributed by atoms with Gasteiger partial charge in [0, 0.05) is 12.4 Å². The smallest absolute Gasteiger partial charge is 0.273 e. The summed E-state index contributed by atoms with van der Waals surface area (Å²) in [5.41, 5.74) is 0.224. The predicted molar refractivity (Wildman–Crippen MR) is 57.7 cm³/mol. The van der Waals surface area contributed by atoms with Crippen molar-refractivity contribution in [3.8, 4) is 11.6 Å². The summed E-state index contributed by atoms with van der Waals surface area (Å²) in [5.74, 6) is 0.667. The molecule has 0 unspecified atom stereocenters. The summed E-state index contributed by atoms with van der Waals surface area (Å²) in [5, 5.41) is 7.77. The molecule has 6 heteroatoms. The van der Waals surface area contributed by atoms with E-state index in [1.54, 1.807) is 18.5 Å². The average molecular weight is 217 g/mol. The van der Waals surface area contributed by atoms with Gasteiger partial charge in [0.1, 0.15) is 5.69 Å². The van der Waals surface area contributed by atoms with Gasteiger partial charge in [-0.3, -0.25) is 4.79 Å². The number of aromatic nitrogens is 5. The molecule has 0 aromatic carbocycles. The van der Waals surface area contributed by atoms with Gasteiger partial charge in [-0.2, -0.15) is 0 Å². The van der Waals surface area contributed by atoms with Crippen LogP contribution in [0.4, 0.5) is 0 Å². The Hall–Kier alpha value is -2.11. The van der Waals surface area contributed by atoms with Crippen molar-refractivity contribution in [2.24, 2.45) is 0 Å². The molecule has 0 aliphatic heterocycles. The Balaban J connectivity index is 2.39. The van der Waals surface area contributed by atoms with Crippen molar-refractivity contribution < 1.29 is 0 Å². The lowest BCUT2D eigenvalue weighted by Gasteiger charge is -1.99. The van der Waals surface area contributed by atoms with Crippen LogP contribution in [0.15, 0.2) is 23.3 Å². The van der Waals surface area contributed by atoms with Crippen molar-refractivity contribution in [1.29, 1.82) is 0 Å². The van der Waals surface area contributed by atoms with Gasteiger partial charge in [-0.1, -0.05) is 13.3 Å². The normalized spacial score (nSPS) is 10.3. The second kappa shape index (κ2) is 4.61. The molecule has 0 spiro atoms. The van der Waals surface area contributed by atoms with Crippen LogP contribution in [0.25, 0.3) is 11.6 Å². The molecule has 16 heavy (non-hydrogen) atoms. The van der Waals surface area contributed by atoms with E-state index in [4.69, 9.17) is 0 Å². The molecular weight excluding hydrogens is 206 g/mol. The number of hydrogen-bond donors (Lipinski definition) is 1. The van der Waals surface area contributed by atoms with E-state index in [1.807, 2.05) is 6.92 Å². The first-order chi connectivity index (χ1) is 7.81. The number of hydrogen-bond acceptors (Lipinski definition) is 5. The van der Waals surface area contributed by atoms with Gasteiger partial charge < -0.3 is 4.98 Å². The number of aromatic amines is 1. The zero-order valence-electron chi connectivity index (χ0n) is 8.84. The molecule has 0 saturated carbocycles. The lowest BCUT2D eigenvalue weighted by atomic mass is 10.3. The van der Waals surface area contributed by atoms with E-state index in [0.29, 0.717) is 23.8 Å². The van der Waals surface area contributed by atoms with Crippen LogP contribution in [-0.4, -0.2) is 25.1 Å². The summed E-state index contributed by atoms with van der Waals surface area (Å²) < 4.78 is 0. The molecule has 6 nitrogen and oxygen atoms in total. The lowest BCUT2D eigenvalue weighted by molar-refractivity contribution is 0.798. The maximum atomic E-state index is 11.6. The second-order valence-corrected chi connectivity index (χ2v) is 3.27. The molecule has 2 rings (SSSR count). The van der Waals surface area contributed by atoms with Crippen molar-refractivity contribution in [2.75, 3.05) is 0 Å². The minimum absolute atomic E-state index is 0.223. The largest absolute Gasteiger partial charge is 0.301 e. The predicted octanol–water partition coefficient (Wildman–Crippen LogP) is 0.574. The van der Waals surface area contributed by atoms with Crippen LogP contribution in [-0.2, 0) is 6.42 Å². The third kappa shape index (κ3) is 2.10. The minimum atomic E-state index is -0.223. The van der Waals surface area contributed by atoms with Gasteiger partial charge in [0.05, 0.1) is 0 Å². The van der Waals surface area contributed by atoms with E-state index >= 15 is 0 Å². The van der Waals surface area contributed by atoms with E-state index in [0.717, 1.165) is 6.42 Å². The van der Waals surface area contributed by atoms with Crippen LogP contribution in [0.2, 0.25) is 0 Å². The van der Waals surface area contributed by atoms with Gasteiger partial charge in [0.25, 0.3) is 5.56 Å². The maximum Gasteiger partial charge on any atom is 0.273 e. The van der Waals surface area contributed by atoms with E-state index in [-0.39, 0.29) is 5.56 Å². The molecule has 0 atom stereocenters. The molecule has 0 aliphatic carbocycles. The number of H-pyrrole nitrogens is 1. The Morgan fingerprint density at radius 1 is 1.25 bits per heavy atom. The fourth-order valence-electron chi connectivity index (χ4n) is 1.28. The summed E-state index contributed by atoms with van der Waals surface area (Å²) >= 11 is 0. The summed E-state index contributed by atoms with van der Waals surface area (Å²) in [6, 6.07) is 1.69. The molecule has 0 amide bonds. The highest BCUT2D eigenvalue weighted by Crippen LogP contribution is 2.03. The van der Waals surface area contributed by atoms with Crippen molar-refractivity contribution in [3.63, 3.8) is 0 Å². The topological polar surface area (TPSA) is 84.4 Å². The zero-order chi connectivity index (χ0) is 11.4. The fourth-order valence-corrected chi connectivity index (χ4v) is 1.28. The van der Waals surface area contributed by atoms with Crippen LogP contribution in [0.5, 0.6) is 0 Å². The number of aryl methyl sites for hydroxylation is 1.